The van der Waals surface area contributed by atoms with Crippen molar-refractivity contribution in [2.75, 3.05) is 13.1 Å². The molecular weight excluding hydrogens is 366 g/mol. The summed E-state index contributed by atoms with van der Waals surface area (Å²) in [5.74, 6) is 0. The molecule has 0 saturated carbocycles. The van der Waals surface area contributed by atoms with E-state index in [9.17, 15) is 0 Å². The Kier molecular flexibility index (Phi) is 21.3. The minimum atomic E-state index is -5.52. The molecule has 136 valence electrons. The van der Waals surface area contributed by atoms with Gasteiger partial charge in [0.25, 0.3) is 0 Å². The molecule has 3 N–H and O–H groups in total. The Morgan fingerprint density at radius 2 is 0.909 bits per heavy atom. The zero-order valence-electron chi connectivity index (χ0n) is 14.5. The summed E-state index contributed by atoms with van der Waals surface area (Å²) in [5, 5.41) is 3.57. The molecule has 0 amide bonds. The second kappa shape index (κ2) is 19.2. The van der Waals surface area contributed by atoms with Gasteiger partial charge in [-0.2, -0.15) is 0 Å². The standard InChI is InChI=1S/C16H35N.Mo.2H2O.2O/c1-3-5-7-9-11-13-15-17-16-14-12-10-8-6-4-2;;;;;/h17H,3-16H2,1-2H3;;2*1H2;;/q;+2;;;;/p-2. The van der Waals surface area contributed by atoms with Gasteiger partial charge in [-0.05, 0) is 25.9 Å². The van der Waals surface area contributed by atoms with Crippen LogP contribution in [0.5, 0.6) is 0 Å². The fourth-order valence-electron chi connectivity index (χ4n) is 2.19. The Labute approximate surface area is 140 Å². The van der Waals surface area contributed by atoms with E-state index < -0.39 is 16.7 Å². The van der Waals surface area contributed by atoms with Gasteiger partial charge in [-0.1, -0.05) is 78.1 Å². The third-order valence-corrected chi connectivity index (χ3v) is 3.41. The van der Waals surface area contributed by atoms with Crippen LogP contribution in [0.1, 0.15) is 90.9 Å². The van der Waals surface area contributed by atoms with E-state index in [1.165, 1.54) is 90.1 Å². The summed E-state index contributed by atoms with van der Waals surface area (Å²) in [6, 6.07) is 0. The van der Waals surface area contributed by atoms with Crippen LogP contribution in [-0.4, -0.2) is 20.6 Å². The van der Waals surface area contributed by atoms with Crippen LogP contribution < -0.4 is 5.32 Å². The molecule has 0 saturated heterocycles. The fourth-order valence-corrected chi connectivity index (χ4v) is 2.19. The number of rotatable bonds is 14. The summed E-state index contributed by atoms with van der Waals surface area (Å²) < 4.78 is 32.0. The normalized spacial score (nSPS) is 11.1. The van der Waals surface area contributed by atoms with Crippen LogP contribution in [-0.2, 0) is 23.5 Å². The van der Waals surface area contributed by atoms with Gasteiger partial charge in [0.2, 0.25) is 0 Å². The van der Waals surface area contributed by atoms with Gasteiger partial charge < -0.3 is 5.32 Å². The van der Waals surface area contributed by atoms with Crippen LogP contribution >= 0.6 is 0 Å². The van der Waals surface area contributed by atoms with Crippen LogP contribution in [0.2, 0.25) is 0 Å². The molecule has 0 unspecified atom stereocenters. The molecule has 0 aromatic heterocycles. The number of nitrogens with one attached hydrogen (secondary N) is 1. The van der Waals surface area contributed by atoms with Crippen LogP contribution in [0.4, 0.5) is 0 Å². The van der Waals surface area contributed by atoms with Gasteiger partial charge in [0.15, 0.2) is 0 Å². The molecule has 0 spiro atoms. The predicted molar refractivity (Wildman–Crippen MR) is 85.4 cm³/mol. The van der Waals surface area contributed by atoms with Gasteiger partial charge in [-0.25, -0.2) is 0 Å². The summed E-state index contributed by atoms with van der Waals surface area (Å²) in [7, 11) is 0. The van der Waals surface area contributed by atoms with Crippen molar-refractivity contribution >= 4 is 0 Å². The van der Waals surface area contributed by atoms with E-state index in [-0.39, 0.29) is 0 Å². The topological polar surface area (TPSA) is 86.6 Å². The number of unbranched alkanes of at least 4 members (excludes halogenated alkanes) is 10. The Balaban J connectivity index is 0. The van der Waals surface area contributed by atoms with Gasteiger partial charge in [0.05, 0.1) is 0 Å². The van der Waals surface area contributed by atoms with Gasteiger partial charge in [-0.15, -0.1) is 0 Å². The van der Waals surface area contributed by atoms with Gasteiger partial charge in [0, 0.05) is 0 Å². The number of hydrogen-bond donors (Lipinski definition) is 3. The molecule has 0 rings (SSSR count). The predicted octanol–water partition coefficient (Wildman–Crippen LogP) is 3.94. The first kappa shape index (κ1) is 24.4. The second-order valence-electron chi connectivity index (χ2n) is 5.73. The van der Waals surface area contributed by atoms with E-state index in [0.717, 1.165) is 0 Å². The molecule has 5 nitrogen and oxygen atoms in total. The summed E-state index contributed by atoms with van der Waals surface area (Å²) >= 11 is -5.52. The third-order valence-electron chi connectivity index (χ3n) is 3.41. The minimum absolute atomic E-state index is 1.24. The summed E-state index contributed by atoms with van der Waals surface area (Å²) in [6.07, 6.45) is 16.9. The second-order valence-corrected chi connectivity index (χ2v) is 7.93. The van der Waals surface area contributed by atoms with Crippen molar-refractivity contribution in [3.05, 3.63) is 0 Å². The zero-order valence-corrected chi connectivity index (χ0v) is 16.5. The SMILES string of the molecule is CCCCCCCCNCCCCCCCC.[O]=[Mo](=[O])([OH])[OH]. The first-order valence-corrected chi connectivity index (χ1v) is 12.3. The molecule has 0 aliphatic heterocycles. The quantitative estimate of drug-likeness (QED) is 0.302. The van der Waals surface area contributed by atoms with Gasteiger partial charge in [0.1, 0.15) is 0 Å². The van der Waals surface area contributed by atoms with Crippen molar-refractivity contribution in [1.29, 1.82) is 0 Å². The van der Waals surface area contributed by atoms with Crippen LogP contribution in [0, 0.1) is 0 Å². The molecule has 0 bridgehead atoms. The molecule has 0 fully saturated rings. The van der Waals surface area contributed by atoms with Crippen molar-refractivity contribution < 1.29 is 31.1 Å². The van der Waals surface area contributed by atoms with Crippen molar-refractivity contribution in [3.63, 3.8) is 0 Å². The van der Waals surface area contributed by atoms with Crippen molar-refractivity contribution in [2.45, 2.75) is 90.9 Å². The Hall–Kier alpha value is 0.168. The molecule has 0 aromatic carbocycles. The average molecular weight is 403 g/mol. The Morgan fingerprint density at radius 1 is 0.636 bits per heavy atom. The van der Waals surface area contributed by atoms with Crippen molar-refractivity contribution in [2.24, 2.45) is 0 Å². The molecule has 0 radical (unpaired) electrons. The molecule has 0 aliphatic rings. The van der Waals surface area contributed by atoms with Crippen LogP contribution in [0.3, 0.4) is 0 Å². The Morgan fingerprint density at radius 3 is 1.23 bits per heavy atom. The molecule has 0 atom stereocenters. The summed E-state index contributed by atoms with van der Waals surface area (Å²) in [5.41, 5.74) is 0. The molecule has 6 heteroatoms. The fraction of sp³-hybridized carbons (Fsp3) is 1.00. The van der Waals surface area contributed by atoms with Gasteiger partial charge in [-0.3, -0.25) is 0 Å². The molecule has 0 aromatic rings. The molecule has 0 heterocycles. The van der Waals surface area contributed by atoms with E-state index >= 15 is 0 Å². The molecular formula is C16H37MoNO4. The average Bonchev–Trinajstić information content (AvgIpc) is 2.42. The van der Waals surface area contributed by atoms with E-state index in [0.29, 0.717) is 0 Å². The van der Waals surface area contributed by atoms with Crippen LogP contribution in [0.25, 0.3) is 0 Å². The first-order chi connectivity index (χ1) is 10.4. The van der Waals surface area contributed by atoms with E-state index in [4.69, 9.17) is 14.3 Å². The maximum atomic E-state index is 8.85. The van der Waals surface area contributed by atoms with Crippen molar-refractivity contribution in [3.8, 4) is 0 Å². The third kappa shape index (κ3) is 36.9. The van der Waals surface area contributed by atoms with E-state index in [1.807, 2.05) is 0 Å². The van der Waals surface area contributed by atoms with E-state index in [1.54, 1.807) is 0 Å². The molecule has 0 aliphatic carbocycles. The van der Waals surface area contributed by atoms with Crippen LogP contribution in [0.15, 0.2) is 0 Å². The first-order valence-electron chi connectivity index (χ1n) is 8.82. The van der Waals surface area contributed by atoms with Crippen molar-refractivity contribution in [1.82, 2.24) is 5.32 Å². The van der Waals surface area contributed by atoms with Gasteiger partial charge >= 0.3 is 31.1 Å². The summed E-state index contributed by atoms with van der Waals surface area (Å²) in [4.78, 5) is 0. The van der Waals surface area contributed by atoms with E-state index in [2.05, 4.69) is 19.2 Å². The maximum absolute atomic E-state index is 8.85. The Bertz CT molecular complexity index is 273. The molecule has 22 heavy (non-hydrogen) atoms. The number of hydrogen-bond acceptors (Lipinski definition) is 3. The zero-order chi connectivity index (χ0) is 17.1. The summed E-state index contributed by atoms with van der Waals surface area (Å²) in [6.45, 7) is 7.03. The monoisotopic (exact) mass is 405 g/mol.